The molecule has 0 unspecified atom stereocenters. The summed E-state index contributed by atoms with van der Waals surface area (Å²) in [6, 6.07) is 14.2. The first-order valence-electron chi connectivity index (χ1n) is 6.40. The fraction of sp³-hybridized carbons (Fsp3) is 0.125. The number of carboxylic acid groups (broad SMARTS) is 1. The smallest absolute Gasteiger partial charge is 0.354 e. The highest BCUT2D eigenvalue weighted by atomic mass is 16.4. The second-order valence-corrected chi connectivity index (χ2v) is 4.77. The number of aromatic nitrogens is 2. The van der Waals surface area contributed by atoms with E-state index < -0.39 is 5.97 Å². The molecule has 4 heteroatoms. The number of aromatic carboxylic acids is 1. The van der Waals surface area contributed by atoms with E-state index in [1.807, 2.05) is 25.1 Å². The number of imidazole rings is 1. The normalized spacial score (nSPS) is 12.4. The fourth-order valence-electron chi connectivity index (χ4n) is 2.41. The Balaban J connectivity index is 2.05. The highest BCUT2D eigenvalue weighted by Crippen LogP contribution is 2.24. The maximum absolute atomic E-state index is 11.2. The van der Waals surface area contributed by atoms with Gasteiger partial charge in [-0.15, -0.1) is 0 Å². The Morgan fingerprint density at radius 3 is 2.70 bits per heavy atom. The number of carboxylic acids is 1. The molecule has 3 rings (SSSR count). The number of nitrogens with zero attached hydrogens (tertiary/aromatic N) is 2. The molecule has 20 heavy (non-hydrogen) atoms. The molecule has 2 aromatic carbocycles. The Hall–Kier alpha value is -2.62. The van der Waals surface area contributed by atoms with E-state index in [4.69, 9.17) is 5.11 Å². The molecule has 0 spiro atoms. The summed E-state index contributed by atoms with van der Waals surface area (Å²) in [5.74, 6) is -0.963. The molecule has 0 amide bonds. The van der Waals surface area contributed by atoms with Gasteiger partial charge in [0.05, 0.1) is 18.6 Å². The second kappa shape index (κ2) is 4.81. The van der Waals surface area contributed by atoms with Crippen molar-refractivity contribution in [2.45, 2.75) is 13.0 Å². The molecule has 0 saturated heterocycles. The minimum absolute atomic E-state index is 0.0757. The van der Waals surface area contributed by atoms with E-state index in [2.05, 4.69) is 29.2 Å². The van der Waals surface area contributed by atoms with Crippen LogP contribution >= 0.6 is 0 Å². The Morgan fingerprint density at radius 2 is 1.95 bits per heavy atom. The second-order valence-electron chi connectivity index (χ2n) is 4.77. The summed E-state index contributed by atoms with van der Waals surface area (Å²) in [4.78, 5) is 15.1. The summed E-state index contributed by atoms with van der Waals surface area (Å²) in [6.07, 6.45) is 2.93. The van der Waals surface area contributed by atoms with Gasteiger partial charge in [-0.2, -0.15) is 0 Å². The summed E-state index contributed by atoms with van der Waals surface area (Å²) in [5.41, 5.74) is 1.26. The summed E-state index contributed by atoms with van der Waals surface area (Å²) < 4.78 is 1.67. The Labute approximate surface area is 116 Å². The van der Waals surface area contributed by atoms with Crippen molar-refractivity contribution in [2.75, 3.05) is 0 Å². The van der Waals surface area contributed by atoms with Crippen molar-refractivity contribution >= 4 is 16.7 Å². The molecule has 1 heterocycles. The molecule has 1 aromatic heterocycles. The van der Waals surface area contributed by atoms with Gasteiger partial charge in [-0.1, -0.05) is 36.4 Å². The van der Waals surface area contributed by atoms with E-state index >= 15 is 0 Å². The maximum atomic E-state index is 11.2. The Bertz CT molecular complexity index is 777. The van der Waals surface area contributed by atoms with Crippen LogP contribution in [0.2, 0.25) is 0 Å². The molecule has 3 aromatic rings. The molecule has 0 fully saturated rings. The SMILES string of the molecule is C[C@H](c1ccc2ccccc2c1)n1cncc1C(=O)O. The number of fused-ring (bicyclic) bond motifs is 1. The van der Waals surface area contributed by atoms with E-state index in [1.165, 1.54) is 11.6 Å². The van der Waals surface area contributed by atoms with Gasteiger partial charge in [0.15, 0.2) is 0 Å². The van der Waals surface area contributed by atoms with Crippen LogP contribution in [-0.4, -0.2) is 20.6 Å². The Kier molecular flexibility index (Phi) is 2.99. The predicted molar refractivity (Wildman–Crippen MR) is 76.9 cm³/mol. The lowest BCUT2D eigenvalue weighted by Crippen LogP contribution is -2.12. The van der Waals surface area contributed by atoms with Gasteiger partial charge in [-0.25, -0.2) is 9.78 Å². The minimum atomic E-state index is -0.963. The number of hydrogen-bond acceptors (Lipinski definition) is 2. The van der Waals surface area contributed by atoms with Crippen LogP contribution in [0.1, 0.15) is 29.0 Å². The number of benzene rings is 2. The first-order valence-corrected chi connectivity index (χ1v) is 6.40. The largest absolute Gasteiger partial charge is 0.477 e. The predicted octanol–water partition coefficient (Wildman–Crippen LogP) is 3.34. The molecule has 100 valence electrons. The van der Waals surface area contributed by atoms with Crippen LogP contribution in [0.25, 0.3) is 10.8 Å². The fourth-order valence-corrected chi connectivity index (χ4v) is 2.41. The van der Waals surface area contributed by atoms with E-state index in [-0.39, 0.29) is 11.7 Å². The average molecular weight is 266 g/mol. The van der Waals surface area contributed by atoms with Crippen LogP contribution in [0.15, 0.2) is 55.0 Å². The summed E-state index contributed by atoms with van der Waals surface area (Å²) in [7, 11) is 0. The van der Waals surface area contributed by atoms with Crippen molar-refractivity contribution in [3.63, 3.8) is 0 Å². The topological polar surface area (TPSA) is 55.1 Å². The van der Waals surface area contributed by atoms with Crippen LogP contribution in [-0.2, 0) is 0 Å². The first-order chi connectivity index (χ1) is 9.66. The first kappa shape index (κ1) is 12.4. The molecule has 1 atom stereocenters. The zero-order valence-corrected chi connectivity index (χ0v) is 11.0. The lowest BCUT2D eigenvalue weighted by molar-refractivity contribution is 0.0684. The monoisotopic (exact) mass is 266 g/mol. The standard InChI is InChI=1S/C16H14N2O2/c1-11(18-10-17-9-15(18)16(19)20)13-7-6-12-4-2-3-5-14(12)8-13/h2-11H,1H3,(H,19,20)/t11-/m1/s1. The van der Waals surface area contributed by atoms with E-state index in [9.17, 15) is 4.79 Å². The molecule has 0 bridgehead atoms. The molecule has 0 aliphatic carbocycles. The van der Waals surface area contributed by atoms with Crippen molar-refractivity contribution in [1.29, 1.82) is 0 Å². The van der Waals surface area contributed by atoms with Gasteiger partial charge in [0.1, 0.15) is 5.69 Å². The summed E-state index contributed by atoms with van der Waals surface area (Å²) >= 11 is 0. The van der Waals surface area contributed by atoms with Gasteiger partial charge in [-0.3, -0.25) is 0 Å². The summed E-state index contributed by atoms with van der Waals surface area (Å²) in [6.45, 7) is 1.97. The third-order valence-electron chi connectivity index (χ3n) is 3.56. The van der Waals surface area contributed by atoms with Crippen molar-refractivity contribution in [3.05, 3.63) is 66.2 Å². The van der Waals surface area contributed by atoms with Crippen LogP contribution in [0, 0.1) is 0 Å². The van der Waals surface area contributed by atoms with Gasteiger partial charge in [0, 0.05) is 0 Å². The number of rotatable bonds is 3. The molecule has 1 N–H and O–H groups in total. The van der Waals surface area contributed by atoms with E-state index in [0.717, 1.165) is 10.9 Å². The number of carbonyl (C=O) groups is 1. The van der Waals surface area contributed by atoms with Crippen LogP contribution < -0.4 is 0 Å². The molecular weight excluding hydrogens is 252 g/mol. The Morgan fingerprint density at radius 1 is 1.20 bits per heavy atom. The highest BCUT2D eigenvalue weighted by Gasteiger charge is 2.16. The van der Waals surface area contributed by atoms with Gasteiger partial charge >= 0.3 is 5.97 Å². The third-order valence-corrected chi connectivity index (χ3v) is 3.56. The van der Waals surface area contributed by atoms with Crippen LogP contribution in [0.5, 0.6) is 0 Å². The molecular formula is C16H14N2O2. The quantitative estimate of drug-likeness (QED) is 0.791. The van der Waals surface area contributed by atoms with E-state index in [0.29, 0.717) is 0 Å². The third kappa shape index (κ3) is 2.05. The van der Waals surface area contributed by atoms with Crippen LogP contribution in [0.3, 0.4) is 0 Å². The van der Waals surface area contributed by atoms with Crippen molar-refractivity contribution < 1.29 is 9.90 Å². The summed E-state index contributed by atoms with van der Waals surface area (Å²) in [5, 5.41) is 11.5. The van der Waals surface area contributed by atoms with Crippen molar-refractivity contribution in [3.8, 4) is 0 Å². The molecule has 0 aliphatic rings. The molecule has 0 aliphatic heterocycles. The zero-order chi connectivity index (χ0) is 14.1. The van der Waals surface area contributed by atoms with Gasteiger partial charge in [-0.05, 0) is 29.3 Å². The lowest BCUT2D eigenvalue weighted by Gasteiger charge is -2.16. The average Bonchev–Trinajstić information content (AvgIpc) is 2.95. The van der Waals surface area contributed by atoms with Gasteiger partial charge < -0.3 is 9.67 Å². The molecule has 0 radical (unpaired) electrons. The van der Waals surface area contributed by atoms with Gasteiger partial charge in [0.2, 0.25) is 0 Å². The van der Waals surface area contributed by atoms with Crippen molar-refractivity contribution in [1.82, 2.24) is 9.55 Å². The highest BCUT2D eigenvalue weighted by molar-refractivity contribution is 5.85. The molecule has 4 nitrogen and oxygen atoms in total. The zero-order valence-electron chi connectivity index (χ0n) is 11.0. The number of hydrogen-bond donors (Lipinski definition) is 1. The van der Waals surface area contributed by atoms with Crippen LogP contribution in [0.4, 0.5) is 0 Å². The minimum Gasteiger partial charge on any atom is -0.477 e. The van der Waals surface area contributed by atoms with Crippen molar-refractivity contribution in [2.24, 2.45) is 0 Å². The van der Waals surface area contributed by atoms with E-state index in [1.54, 1.807) is 10.9 Å². The molecule has 0 saturated carbocycles. The maximum Gasteiger partial charge on any atom is 0.354 e. The van der Waals surface area contributed by atoms with Gasteiger partial charge in [0.25, 0.3) is 0 Å². The lowest BCUT2D eigenvalue weighted by atomic mass is 10.0.